The Balaban J connectivity index is 1.84. The molecule has 22 heavy (non-hydrogen) atoms. The van der Waals surface area contributed by atoms with Crippen LogP contribution in [0.3, 0.4) is 0 Å². The number of fused-ring (bicyclic) bond motifs is 1. The van der Waals surface area contributed by atoms with Crippen molar-refractivity contribution in [3.63, 3.8) is 0 Å². The van der Waals surface area contributed by atoms with E-state index in [-0.39, 0.29) is 12.1 Å². The molecule has 2 aliphatic heterocycles. The number of carbonyl (C=O) groups excluding carboxylic acids is 1. The van der Waals surface area contributed by atoms with Gasteiger partial charge in [0.25, 0.3) is 0 Å². The van der Waals surface area contributed by atoms with E-state index < -0.39 is 0 Å². The summed E-state index contributed by atoms with van der Waals surface area (Å²) in [5, 5.41) is 5.76. The Hall–Kier alpha value is -2.44. The number of carbonyl (C=O) groups is 1. The van der Waals surface area contributed by atoms with Gasteiger partial charge >= 0.3 is 6.03 Å². The Morgan fingerprint density at radius 2 is 2.45 bits per heavy atom. The Kier molecular flexibility index (Phi) is 4.04. The molecule has 0 saturated carbocycles. The minimum absolute atomic E-state index is 0.146. The van der Waals surface area contributed by atoms with Gasteiger partial charge in [-0.3, -0.25) is 9.89 Å². The number of ether oxygens (including phenoxy) is 1. The lowest BCUT2D eigenvalue weighted by atomic mass is 10.1. The second-order valence-corrected chi connectivity index (χ2v) is 5.40. The first kappa shape index (κ1) is 14.5. The van der Waals surface area contributed by atoms with E-state index in [1.54, 1.807) is 25.3 Å². The molecule has 0 spiro atoms. The number of hydrogen-bond donors (Lipinski definition) is 2. The van der Waals surface area contributed by atoms with Crippen molar-refractivity contribution in [2.24, 2.45) is 4.99 Å². The predicted octanol–water partition coefficient (Wildman–Crippen LogP) is 0.661. The van der Waals surface area contributed by atoms with Crippen LogP contribution in [0.4, 0.5) is 16.2 Å². The second kappa shape index (κ2) is 6.13. The van der Waals surface area contributed by atoms with Crippen LogP contribution in [0.25, 0.3) is 0 Å². The van der Waals surface area contributed by atoms with Crippen molar-refractivity contribution in [2.75, 3.05) is 50.1 Å². The highest BCUT2D eigenvalue weighted by molar-refractivity contribution is 5.92. The van der Waals surface area contributed by atoms with Crippen LogP contribution in [0.15, 0.2) is 23.2 Å². The highest BCUT2D eigenvalue weighted by atomic mass is 16.5. The molecule has 0 saturated heterocycles. The summed E-state index contributed by atoms with van der Waals surface area (Å²) in [6.45, 7) is 3.20. The molecule has 7 nitrogen and oxygen atoms in total. The van der Waals surface area contributed by atoms with E-state index in [0.29, 0.717) is 6.61 Å². The molecule has 0 radical (unpaired) electrons. The average Bonchev–Trinajstić information content (AvgIpc) is 3.06. The van der Waals surface area contributed by atoms with Crippen molar-refractivity contribution < 1.29 is 9.53 Å². The summed E-state index contributed by atoms with van der Waals surface area (Å²) >= 11 is 0. The van der Waals surface area contributed by atoms with Gasteiger partial charge in [-0.15, -0.1) is 0 Å². The van der Waals surface area contributed by atoms with Gasteiger partial charge in [-0.1, -0.05) is 0 Å². The molecule has 1 aromatic carbocycles. The molecule has 0 aromatic heterocycles. The average molecular weight is 303 g/mol. The van der Waals surface area contributed by atoms with Crippen LogP contribution in [-0.4, -0.2) is 58.7 Å². The van der Waals surface area contributed by atoms with Gasteiger partial charge in [0.15, 0.2) is 0 Å². The van der Waals surface area contributed by atoms with Crippen LogP contribution in [0.1, 0.15) is 0 Å². The lowest BCUT2D eigenvalue weighted by Gasteiger charge is -2.33. The number of amides is 2. The molecule has 0 aliphatic carbocycles. The third kappa shape index (κ3) is 2.79. The summed E-state index contributed by atoms with van der Waals surface area (Å²) in [5.41, 5.74) is 1.85. The summed E-state index contributed by atoms with van der Waals surface area (Å²) in [7, 11) is 3.37. The number of benzene rings is 1. The molecule has 1 unspecified atom stereocenters. The molecule has 3 rings (SSSR count). The first-order valence-corrected chi connectivity index (χ1v) is 7.41. The van der Waals surface area contributed by atoms with E-state index in [1.165, 1.54) is 0 Å². The van der Waals surface area contributed by atoms with Gasteiger partial charge in [-0.05, 0) is 18.2 Å². The first-order chi connectivity index (χ1) is 10.7. The zero-order valence-corrected chi connectivity index (χ0v) is 12.9. The number of urea groups is 1. The summed E-state index contributed by atoms with van der Waals surface area (Å²) in [4.78, 5) is 20.1. The smallest absolute Gasteiger partial charge is 0.321 e. The van der Waals surface area contributed by atoms with Crippen molar-refractivity contribution in [3.8, 4) is 5.75 Å². The van der Waals surface area contributed by atoms with Gasteiger partial charge in [0, 0.05) is 32.9 Å². The highest BCUT2D eigenvalue weighted by Crippen LogP contribution is 2.35. The maximum atomic E-state index is 11.8. The summed E-state index contributed by atoms with van der Waals surface area (Å²) in [5.74, 6) is 0.857. The summed E-state index contributed by atoms with van der Waals surface area (Å²) in [6, 6.07) is 5.92. The number of rotatable bonds is 3. The zero-order valence-electron chi connectivity index (χ0n) is 12.9. The SMILES string of the molecule is CNC(=O)N(C)c1ccc2c(c1)N(CC1CNC=N1)CCO2. The van der Waals surface area contributed by atoms with E-state index in [4.69, 9.17) is 4.74 Å². The molecule has 7 heteroatoms. The zero-order chi connectivity index (χ0) is 15.5. The lowest BCUT2D eigenvalue weighted by Crippen LogP contribution is -2.39. The Morgan fingerprint density at radius 1 is 1.59 bits per heavy atom. The lowest BCUT2D eigenvalue weighted by molar-refractivity contribution is 0.249. The standard InChI is InChI=1S/C15H21N5O2/c1-16-15(21)19(2)12-3-4-14-13(7-12)20(5-6-22-14)9-11-8-17-10-18-11/h3-4,7,10-11H,5-6,8-9H2,1-2H3,(H,16,21)(H,17,18). The normalized spacial score (nSPS) is 19.2. The van der Waals surface area contributed by atoms with Crippen LogP contribution >= 0.6 is 0 Å². The fourth-order valence-electron chi connectivity index (χ4n) is 2.71. The van der Waals surface area contributed by atoms with E-state index in [2.05, 4.69) is 20.5 Å². The van der Waals surface area contributed by atoms with Crippen LogP contribution in [0.5, 0.6) is 5.75 Å². The Labute approximate surface area is 129 Å². The Morgan fingerprint density at radius 3 is 3.18 bits per heavy atom. The minimum atomic E-state index is -0.146. The van der Waals surface area contributed by atoms with E-state index in [0.717, 1.165) is 36.8 Å². The van der Waals surface area contributed by atoms with Crippen molar-refractivity contribution in [2.45, 2.75) is 6.04 Å². The number of nitrogens with one attached hydrogen (secondary N) is 2. The Bertz CT molecular complexity index is 589. The predicted molar refractivity (Wildman–Crippen MR) is 87.3 cm³/mol. The van der Waals surface area contributed by atoms with Gasteiger partial charge in [0.2, 0.25) is 0 Å². The van der Waals surface area contributed by atoms with Gasteiger partial charge in [-0.25, -0.2) is 4.79 Å². The van der Waals surface area contributed by atoms with E-state index >= 15 is 0 Å². The summed E-state index contributed by atoms with van der Waals surface area (Å²) in [6.07, 6.45) is 1.77. The van der Waals surface area contributed by atoms with Crippen molar-refractivity contribution in [1.29, 1.82) is 0 Å². The quantitative estimate of drug-likeness (QED) is 0.861. The summed E-state index contributed by atoms with van der Waals surface area (Å²) < 4.78 is 5.72. The molecule has 0 bridgehead atoms. The fourth-order valence-corrected chi connectivity index (χ4v) is 2.71. The van der Waals surface area contributed by atoms with Gasteiger partial charge in [-0.2, -0.15) is 0 Å². The maximum absolute atomic E-state index is 11.8. The molecular weight excluding hydrogens is 282 g/mol. The molecule has 1 aromatic rings. The number of hydrogen-bond acceptors (Lipinski definition) is 5. The highest BCUT2D eigenvalue weighted by Gasteiger charge is 2.23. The molecule has 0 fully saturated rings. The molecule has 1 atom stereocenters. The molecule has 2 amide bonds. The fraction of sp³-hybridized carbons (Fsp3) is 0.467. The monoisotopic (exact) mass is 303 g/mol. The van der Waals surface area contributed by atoms with Crippen molar-refractivity contribution in [3.05, 3.63) is 18.2 Å². The van der Waals surface area contributed by atoms with Crippen LogP contribution in [0, 0.1) is 0 Å². The third-order valence-corrected chi connectivity index (χ3v) is 3.97. The van der Waals surface area contributed by atoms with Gasteiger partial charge < -0.3 is 20.3 Å². The van der Waals surface area contributed by atoms with E-state index in [9.17, 15) is 4.79 Å². The van der Waals surface area contributed by atoms with Gasteiger partial charge in [0.1, 0.15) is 12.4 Å². The molecule has 2 N–H and O–H groups in total. The van der Waals surface area contributed by atoms with Crippen LogP contribution in [0.2, 0.25) is 0 Å². The minimum Gasteiger partial charge on any atom is -0.490 e. The third-order valence-electron chi connectivity index (χ3n) is 3.97. The topological polar surface area (TPSA) is 69.2 Å². The number of nitrogens with zero attached hydrogens (tertiary/aromatic N) is 3. The largest absolute Gasteiger partial charge is 0.490 e. The molecular formula is C15H21N5O2. The van der Waals surface area contributed by atoms with Crippen LogP contribution in [-0.2, 0) is 0 Å². The van der Waals surface area contributed by atoms with E-state index in [1.807, 2.05) is 18.2 Å². The maximum Gasteiger partial charge on any atom is 0.321 e. The molecule has 118 valence electrons. The second-order valence-electron chi connectivity index (χ2n) is 5.40. The van der Waals surface area contributed by atoms with Crippen molar-refractivity contribution in [1.82, 2.24) is 10.6 Å². The first-order valence-electron chi connectivity index (χ1n) is 7.41. The molecule has 2 aliphatic rings. The van der Waals surface area contributed by atoms with Crippen molar-refractivity contribution >= 4 is 23.7 Å². The van der Waals surface area contributed by atoms with Gasteiger partial charge in [0.05, 0.1) is 24.6 Å². The number of aliphatic imine (C=N–C) groups is 1. The van der Waals surface area contributed by atoms with Crippen LogP contribution < -0.4 is 25.2 Å². The number of anilines is 2. The molecule has 2 heterocycles.